The van der Waals surface area contributed by atoms with Crippen LogP contribution in [0.4, 0.5) is 0 Å². The Morgan fingerprint density at radius 2 is 1.12 bits per heavy atom. The highest BCUT2D eigenvalue weighted by atomic mass is 14.9. The van der Waals surface area contributed by atoms with Crippen molar-refractivity contribution in [1.29, 1.82) is 0 Å². The Morgan fingerprint density at radius 3 is 1.80 bits per heavy atom. The standard InChI is InChI=1S/C21H34N4/c1-3-9-19(10-4-1)23-16-22-15-18-8-7-13-21(14-18)25-17-24-20-11-5-2-6-12-20/h18-21H,1-15H2. The predicted octanol–water partition coefficient (Wildman–Crippen LogP) is 5.56. The minimum atomic E-state index is 0.400. The molecule has 3 aliphatic carbocycles. The van der Waals surface area contributed by atoms with Gasteiger partial charge in [-0.15, -0.1) is 0 Å². The number of hydrogen-bond donors (Lipinski definition) is 0. The van der Waals surface area contributed by atoms with Gasteiger partial charge in [-0.1, -0.05) is 44.9 Å². The molecule has 2 unspecified atom stereocenters. The van der Waals surface area contributed by atoms with Gasteiger partial charge in [-0.05, 0) is 50.9 Å². The van der Waals surface area contributed by atoms with Crippen molar-refractivity contribution in [2.75, 3.05) is 6.54 Å². The van der Waals surface area contributed by atoms with E-state index >= 15 is 0 Å². The summed E-state index contributed by atoms with van der Waals surface area (Å²) < 4.78 is 0. The van der Waals surface area contributed by atoms with E-state index in [9.17, 15) is 0 Å². The van der Waals surface area contributed by atoms with Gasteiger partial charge in [0.15, 0.2) is 0 Å². The molecule has 4 heteroatoms. The Labute approximate surface area is 153 Å². The maximum atomic E-state index is 4.63. The van der Waals surface area contributed by atoms with E-state index in [0.29, 0.717) is 24.0 Å². The number of hydrogen-bond acceptors (Lipinski definition) is 4. The number of nitrogens with zero attached hydrogens (tertiary/aromatic N) is 4. The maximum Gasteiger partial charge on any atom is 0.0898 e. The topological polar surface area (TPSA) is 49.4 Å². The van der Waals surface area contributed by atoms with Crippen molar-refractivity contribution in [3.63, 3.8) is 0 Å². The quantitative estimate of drug-likeness (QED) is 0.587. The minimum Gasteiger partial charge on any atom is -0.225 e. The second-order valence-electron chi connectivity index (χ2n) is 8.20. The lowest BCUT2D eigenvalue weighted by molar-refractivity contribution is 0.331. The van der Waals surface area contributed by atoms with Crippen molar-refractivity contribution in [3.8, 4) is 0 Å². The normalized spacial score (nSPS) is 28.5. The van der Waals surface area contributed by atoms with E-state index in [1.165, 1.54) is 83.5 Å². The van der Waals surface area contributed by atoms with Crippen molar-refractivity contribution >= 4 is 12.0 Å². The van der Waals surface area contributed by atoms with Crippen molar-refractivity contribution in [2.24, 2.45) is 25.9 Å². The molecule has 0 aliphatic heterocycles. The molecule has 3 rings (SSSR count). The highest BCUT2D eigenvalue weighted by Crippen LogP contribution is 2.26. The van der Waals surface area contributed by atoms with Crippen molar-refractivity contribution in [1.82, 2.24) is 0 Å². The van der Waals surface area contributed by atoms with Gasteiger partial charge < -0.3 is 0 Å². The van der Waals surface area contributed by atoms with Gasteiger partial charge >= 0.3 is 0 Å². The zero-order chi connectivity index (χ0) is 17.2. The van der Waals surface area contributed by atoms with Crippen LogP contribution in [-0.2, 0) is 0 Å². The number of rotatable bonds is 5. The molecule has 0 amide bonds. The Kier molecular flexibility index (Phi) is 7.93. The molecule has 25 heavy (non-hydrogen) atoms. The van der Waals surface area contributed by atoms with E-state index in [0.717, 1.165) is 13.0 Å². The van der Waals surface area contributed by atoms with Gasteiger partial charge in [-0.3, -0.25) is 0 Å². The second-order valence-corrected chi connectivity index (χ2v) is 8.20. The molecule has 2 atom stereocenters. The SMILES string of the molecule is C(=NCC1CCCC(N=C=NC2CCCCC2)C1)=NC1CCCCC1. The van der Waals surface area contributed by atoms with Crippen LogP contribution in [0.25, 0.3) is 0 Å². The second kappa shape index (κ2) is 10.7. The highest BCUT2D eigenvalue weighted by Gasteiger charge is 2.21. The van der Waals surface area contributed by atoms with Crippen LogP contribution in [0.1, 0.15) is 89.9 Å². The molecular weight excluding hydrogens is 308 g/mol. The Bertz CT molecular complexity index is 502. The molecular formula is C21H34N4. The smallest absolute Gasteiger partial charge is 0.0898 e. The summed E-state index contributed by atoms with van der Waals surface area (Å²) in [5, 5.41) is 0. The summed E-state index contributed by atoms with van der Waals surface area (Å²) in [7, 11) is 0. The molecule has 0 aromatic rings. The molecule has 0 aromatic heterocycles. The van der Waals surface area contributed by atoms with Gasteiger partial charge in [0.05, 0.1) is 36.7 Å². The molecule has 138 valence electrons. The average molecular weight is 343 g/mol. The van der Waals surface area contributed by atoms with Gasteiger partial charge in [0, 0.05) is 0 Å². The molecule has 0 saturated heterocycles. The molecule has 0 N–H and O–H groups in total. The molecule has 0 aromatic carbocycles. The van der Waals surface area contributed by atoms with Crippen molar-refractivity contribution < 1.29 is 0 Å². The summed E-state index contributed by atoms with van der Waals surface area (Å²) >= 11 is 0. The number of aliphatic imine (C=N–C) groups is 4. The largest absolute Gasteiger partial charge is 0.225 e. The summed E-state index contributed by atoms with van der Waals surface area (Å²) in [5.74, 6) is 0.632. The van der Waals surface area contributed by atoms with Crippen LogP contribution in [0.2, 0.25) is 0 Å². The zero-order valence-electron chi connectivity index (χ0n) is 15.7. The third-order valence-electron chi connectivity index (χ3n) is 6.05. The minimum absolute atomic E-state index is 0.400. The third-order valence-corrected chi connectivity index (χ3v) is 6.05. The van der Waals surface area contributed by atoms with Gasteiger partial charge in [0.2, 0.25) is 0 Å². The summed E-state index contributed by atoms with van der Waals surface area (Å²) in [6.07, 6.45) is 17.8. The summed E-state index contributed by atoms with van der Waals surface area (Å²) in [4.78, 5) is 18.2. The lowest BCUT2D eigenvalue weighted by atomic mass is 9.86. The summed E-state index contributed by atoms with van der Waals surface area (Å²) in [6.45, 7) is 0.863. The molecule has 3 fully saturated rings. The highest BCUT2D eigenvalue weighted by molar-refractivity contribution is 5.42. The summed E-state index contributed by atoms with van der Waals surface area (Å²) in [6, 6.07) is 7.40. The van der Waals surface area contributed by atoms with E-state index in [4.69, 9.17) is 0 Å². The monoisotopic (exact) mass is 342 g/mol. The average Bonchev–Trinajstić information content (AvgIpc) is 2.67. The van der Waals surface area contributed by atoms with E-state index < -0.39 is 0 Å². The molecule has 4 nitrogen and oxygen atoms in total. The lowest BCUT2D eigenvalue weighted by Crippen LogP contribution is -2.20. The van der Waals surface area contributed by atoms with E-state index in [1.807, 2.05) is 0 Å². The van der Waals surface area contributed by atoms with Crippen LogP contribution in [0.5, 0.6) is 0 Å². The Morgan fingerprint density at radius 1 is 0.560 bits per heavy atom. The van der Waals surface area contributed by atoms with Crippen molar-refractivity contribution in [2.45, 2.75) is 108 Å². The summed E-state index contributed by atoms with van der Waals surface area (Å²) in [5.41, 5.74) is 0. The zero-order valence-corrected chi connectivity index (χ0v) is 15.7. The molecule has 3 saturated carbocycles. The predicted molar refractivity (Wildman–Crippen MR) is 104 cm³/mol. The van der Waals surface area contributed by atoms with E-state index in [-0.39, 0.29) is 0 Å². The fourth-order valence-corrected chi connectivity index (χ4v) is 4.46. The Hall–Kier alpha value is -1.24. The van der Waals surface area contributed by atoms with Gasteiger partial charge in [0.25, 0.3) is 0 Å². The Balaban J connectivity index is 1.41. The molecule has 0 spiro atoms. The van der Waals surface area contributed by atoms with Crippen LogP contribution < -0.4 is 0 Å². The van der Waals surface area contributed by atoms with Crippen LogP contribution >= 0.6 is 0 Å². The third kappa shape index (κ3) is 6.88. The maximum absolute atomic E-state index is 4.63. The van der Waals surface area contributed by atoms with Crippen LogP contribution in [0, 0.1) is 5.92 Å². The first-order valence-electron chi connectivity index (χ1n) is 10.7. The lowest BCUT2D eigenvalue weighted by Gasteiger charge is -2.24. The van der Waals surface area contributed by atoms with Gasteiger partial charge in [0.1, 0.15) is 0 Å². The van der Waals surface area contributed by atoms with Crippen LogP contribution in [-0.4, -0.2) is 36.7 Å². The van der Waals surface area contributed by atoms with Crippen molar-refractivity contribution in [3.05, 3.63) is 0 Å². The first kappa shape index (κ1) is 18.5. The van der Waals surface area contributed by atoms with Crippen LogP contribution in [0.3, 0.4) is 0 Å². The molecule has 3 aliphatic rings. The van der Waals surface area contributed by atoms with Gasteiger partial charge in [-0.25, -0.2) is 20.0 Å². The van der Waals surface area contributed by atoms with E-state index in [2.05, 4.69) is 32.0 Å². The molecule has 0 radical (unpaired) electrons. The molecule has 0 bridgehead atoms. The fraction of sp³-hybridized carbons (Fsp3) is 0.905. The first-order valence-corrected chi connectivity index (χ1v) is 10.7. The van der Waals surface area contributed by atoms with Crippen LogP contribution in [0.15, 0.2) is 20.0 Å². The van der Waals surface area contributed by atoms with E-state index in [1.54, 1.807) is 0 Å². The first-order chi connectivity index (χ1) is 12.4. The van der Waals surface area contributed by atoms with Gasteiger partial charge in [-0.2, -0.15) is 0 Å². The molecule has 0 heterocycles. The fourth-order valence-electron chi connectivity index (χ4n) is 4.46.